The van der Waals surface area contributed by atoms with E-state index < -0.39 is 0 Å². The van der Waals surface area contributed by atoms with Gasteiger partial charge in [-0.05, 0) is 17.9 Å². The number of aromatic nitrogens is 1. The molecule has 0 N–H and O–H groups in total. The Kier molecular flexibility index (Phi) is 3.56. The predicted octanol–water partition coefficient (Wildman–Crippen LogP) is 3.54. The zero-order chi connectivity index (χ0) is 8.97. The summed E-state index contributed by atoms with van der Waals surface area (Å²) in [4.78, 5) is 5.49. The third kappa shape index (κ3) is 1.99. The number of nitrogens with zero attached hydrogens (tertiary/aromatic N) is 1. The maximum Gasteiger partial charge on any atom is 0.151 e. The molecule has 0 aliphatic heterocycles. The first kappa shape index (κ1) is 9.55. The Morgan fingerprint density at radius 1 is 1.50 bits per heavy atom. The number of rotatable bonds is 4. The molecule has 0 amide bonds. The van der Waals surface area contributed by atoms with Crippen LogP contribution < -0.4 is 0 Å². The van der Waals surface area contributed by atoms with Gasteiger partial charge < -0.3 is 0 Å². The quantitative estimate of drug-likeness (QED) is 0.685. The van der Waals surface area contributed by atoms with Crippen molar-refractivity contribution in [3.05, 3.63) is 23.7 Å². The lowest BCUT2D eigenvalue weighted by molar-refractivity contribution is 1.22. The molecule has 0 unspecified atom stereocenters. The maximum absolute atomic E-state index is 4.38. The molecule has 0 radical (unpaired) electrons. The topological polar surface area (TPSA) is 12.9 Å². The highest BCUT2D eigenvalue weighted by Gasteiger charge is 2.04. The highest BCUT2D eigenvalue weighted by Crippen LogP contribution is 2.28. The average molecular weight is 197 g/mol. The van der Waals surface area contributed by atoms with Crippen molar-refractivity contribution in [2.24, 2.45) is 0 Å². The molecular formula is C9H11NS2. The van der Waals surface area contributed by atoms with Crippen LogP contribution >= 0.6 is 23.1 Å². The average Bonchev–Trinajstić information content (AvgIpc) is 2.48. The molecule has 1 nitrogen and oxygen atoms in total. The molecule has 0 aliphatic rings. The Labute approximate surface area is 81.2 Å². The van der Waals surface area contributed by atoms with Gasteiger partial charge in [0.25, 0.3) is 0 Å². The zero-order valence-corrected chi connectivity index (χ0v) is 8.67. The van der Waals surface area contributed by atoms with Crippen LogP contribution in [0, 0.1) is 0 Å². The molecule has 1 heterocycles. The first-order chi connectivity index (χ1) is 5.81. The lowest BCUT2D eigenvalue weighted by Crippen LogP contribution is -1.73. The largest absolute Gasteiger partial charge is 0.230 e. The molecule has 1 aromatic rings. The van der Waals surface area contributed by atoms with Crippen LogP contribution in [0.15, 0.2) is 17.5 Å². The predicted molar refractivity (Wildman–Crippen MR) is 58.7 cm³/mol. The summed E-state index contributed by atoms with van der Waals surface area (Å²) in [7, 11) is 0. The second-order valence-electron chi connectivity index (χ2n) is 2.07. The van der Waals surface area contributed by atoms with Crippen LogP contribution in [0.5, 0.6) is 0 Å². The van der Waals surface area contributed by atoms with E-state index in [1.54, 1.807) is 29.2 Å². The first-order valence-corrected chi connectivity index (χ1v) is 5.50. The zero-order valence-electron chi connectivity index (χ0n) is 7.04. The van der Waals surface area contributed by atoms with Gasteiger partial charge in [-0.25, -0.2) is 4.98 Å². The Morgan fingerprint density at radius 3 is 2.67 bits per heavy atom. The van der Waals surface area contributed by atoms with Crippen LogP contribution in [0.25, 0.3) is 12.2 Å². The molecule has 3 heteroatoms. The van der Waals surface area contributed by atoms with Gasteiger partial charge in [0.05, 0.1) is 10.6 Å². The number of thiazole rings is 1. The van der Waals surface area contributed by atoms with Gasteiger partial charge in [-0.3, -0.25) is 0 Å². The molecule has 1 aromatic heterocycles. The van der Waals surface area contributed by atoms with Crippen molar-refractivity contribution in [3.8, 4) is 0 Å². The summed E-state index contributed by atoms with van der Waals surface area (Å²) in [5.41, 5.74) is 0.950. The van der Waals surface area contributed by atoms with Crippen LogP contribution in [0.2, 0.25) is 0 Å². The van der Waals surface area contributed by atoms with Gasteiger partial charge >= 0.3 is 0 Å². The van der Waals surface area contributed by atoms with E-state index in [2.05, 4.69) is 25.1 Å². The van der Waals surface area contributed by atoms with E-state index in [9.17, 15) is 0 Å². The molecule has 0 fully saturated rings. The van der Waals surface area contributed by atoms with Crippen LogP contribution in [0.3, 0.4) is 0 Å². The van der Waals surface area contributed by atoms with Gasteiger partial charge in [0, 0.05) is 0 Å². The Bertz CT molecular complexity index is 263. The third-order valence-corrected chi connectivity index (χ3v) is 3.40. The molecule has 12 heavy (non-hydrogen) atoms. The Morgan fingerprint density at radius 2 is 2.25 bits per heavy atom. The molecule has 1 rings (SSSR count). The van der Waals surface area contributed by atoms with E-state index in [1.807, 2.05) is 6.08 Å². The van der Waals surface area contributed by atoms with E-state index in [4.69, 9.17) is 0 Å². The van der Waals surface area contributed by atoms with Crippen LogP contribution in [-0.2, 0) is 0 Å². The summed E-state index contributed by atoms with van der Waals surface area (Å²) in [6.45, 7) is 9.54. The summed E-state index contributed by atoms with van der Waals surface area (Å²) in [5.74, 6) is 1.06. The summed E-state index contributed by atoms with van der Waals surface area (Å²) in [6.07, 6.45) is 3.60. The van der Waals surface area contributed by atoms with Crippen LogP contribution in [0.4, 0.5) is 0 Å². The molecule has 0 saturated carbocycles. The van der Waals surface area contributed by atoms with E-state index in [0.717, 1.165) is 20.7 Å². The van der Waals surface area contributed by atoms with E-state index in [1.165, 1.54) is 0 Å². The smallest absolute Gasteiger partial charge is 0.151 e. The summed E-state index contributed by atoms with van der Waals surface area (Å²) < 4.78 is 1.10. The molecule has 0 atom stereocenters. The minimum Gasteiger partial charge on any atom is -0.230 e. The lowest BCUT2D eigenvalue weighted by Gasteiger charge is -1.85. The molecule has 0 aromatic carbocycles. The number of hydrogen-bond donors (Lipinski definition) is 0. The fraction of sp³-hybridized carbons (Fsp3) is 0.222. The van der Waals surface area contributed by atoms with Gasteiger partial charge in [-0.15, -0.1) is 11.3 Å². The highest BCUT2D eigenvalue weighted by molar-refractivity contribution is 8.01. The van der Waals surface area contributed by atoms with Gasteiger partial charge in [0.1, 0.15) is 0 Å². The number of hydrogen-bond acceptors (Lipinski definition) is 3. The van der Waals surface area contributed by atoms with Crippen molar-refractivity contribution in [1.82, 2.24) is 4.98 Å². The van der Waals surface area contributed by atoms with Gasteiger partial charge in [0.15, 0.2) is 4.34 Å². The summed E-state index contributed by atoms with van der Waals surface area (Å²) >= 11 is 3.42. The van der Waals surface area contributed by atoms with Gasteiger partial charge in [-0.2, -0.15) is 0 Å². The summed E-state index contributed by atoms with van der Waals surface area (Å²) in [6, 6.07) is 0. The Balaban J connectivity index is 2.96. The SMILES string of the molecule is C=Cc1nc(SCC)sc1C=C. The lowest BCUT2D eigenvalue weighted by atomic mass is 10.3. The van der Waals surface area contributed by atoms with Crippen LogP contribution in [-0.4, -0.2) is 10.7 Å². The fourth-order valence-electron chi connectivity index (χ4n) is 0.800. The molecule has 64 valence electrons. The van der Waals surface area contributed by atoms with E-state index in [-0.39, 0.29) is 0 Å². The number of thioether (sulfide) groups is 1. The van der Waals surface area contributed by atoms with Crippen molar-refractivity contribution in [2.45, 2.75) is 11.3 Å². The van der Waals surface area contributed by atoms with Crippen molar-refractivity contribution in [2.75, 3.05) is 5.75 Å². The second-order valence-corrected chi connectivity index (χ2v) is 4.61. The fourth-order valence-corrected chi connectivity index (χ4v) is 2.72. The van der Waals surface area contributed by atoms with Crippen molar-refractivity contribution in [1.29, 1.82) is 0 Å². The highest BCUT2D eigenvalue weighted by atomic mass is 32.2. The minimum absolute atomic E-state index is 0.950. The van der Waals surface area contributed by atoms with Crippen molar-refractivity contribution in [3.63, 3.8) is 0 Å². The molecule has 0 spiro atoms. The van der Waals surface area contributed by atoms with Crippen molar-refractivity contribution >= 4 is 35.3 Å². The second kappa shape index (κ2) is 4.48. The van der Waals surface area contributed by atoms with E-state index >= 15 is 0 Å². The van der Waals surface area contributed by atoms with Crippen LogP contribution in [0.1, 0.15) is 17.5 Å². The molecule has 0 saturated heterocycles. The summed E-state index contributed by atoms with van der Waals surface area (Å²) in [5, 5.41) is 0. The molecule has 0 bridgehead atoms. The van der Waals surface area contributed by atoms with E-state index in [0.29, 0.717) is 0 Å². The molecule has 0 aliphatic carbocycles. The monoisotopic (exact) mass is 197 g/mol. The minimum atomic E-state index is 0.950. The van der Waals surface area contributed by atoms with Crippen molar-refractivity contribution < 1.29 is 0 Å². The normalized spacial score (nSPS) is 9.75. The third-order valence-electron chi connectivity index (χ3n) is 1.31. The first-order valence-electron chi connectivity index (χ1n) is 3.70. The molecular weight excluding hydrogens is 186 g/mol. The Hall–Kier alpha value is -0.540. The van der Waals surface area contributed by atoms with Gasteiger partial charge in [-0.1, -0.05) is 31.8 Å². The standard InChI is InChI=1S/C9H11NS2/c1-4-7-8(5-2)12-9(10-7)11-6-3/h4-5H,1-2,6H2,3H3. The van der Waals surface area contributed by atoms with Gasteiger partial charge in [0.2, 0.25) is 0 Å². The maximum atomic E-state index is 4.38.